The van der Waals surface area contributed by atoms with Gasteiger partial charge in [-0.1, -0.05) is 77.1 Å². The molecule has 0 radical (unpaired) electrons. The molecular formula is C30H42O8. The average molecular weight is 531 g/mol. The summed E-state index contributed by atoms with van der Waals surface area (Å²) in [4.78, 5) is 48.1. The monoisotopic (exact) mass is 530 g/mol. The highest BCUT2D eigenvalue weighted by molar-refractivity contribution is 5.92. The highest BCUT2D eigenvalue weighted by Crippen LogP contribution is 2.24. The number of carbonyl (C=O) groups is 4. The fourth-order valence-electron chi connectivity index (χ4n) is 4.15. The molecule has 0 aliphatic rings. The van der Waals surface area contributed by atoms with Crippen LogP contribution in [0.25, 0.3) is 0 Å². The number of esters is 2. The van der Waals surface area contributed by atoms with Crippen LogP contribution in [0.3, 0.4) is 0 Å². The lowest BCUT2D eigenvalue weighted by Gasteiger charge is -2.26. The third kappa shape index (κ3) is 11.9. The Labute approximate surface area is 225 Å². The Morgan fingerprint density at radius 2 is 1.63 bits per heavy atom. The second-order valence-corrected chi connectivity index (χ2v) is 10.0. The smallest absolute Gasteiger partial charge is 0.348 e. The van der Waals surface area contributed by atoms with Crippen LogP contribution in [0.1, 0.15) is 65.9 Å². The zero-order chi connectivity index (χ0) is 28.8. The van der Waals surface area contributed by atoms with Gasteiger partial charge in [0, 0.05) is 25.3 Å². The Morgan fingerprint density at radius 1 is 1.00 bits per heavy atom. The number of aliphatic hydroxyl groups is 1. The number of ether oxygens (including phenoxy) is 2. The molecule has 0 saturated heterocycles. The minimum atomic E-state index is -2.05. The van der Waals surface area contributed by atoms with Gasteiger partial charge in [0.25, 0.3) is 0 Å². The van der Waals surface area contributed by atoms with Crippen LogP contribution in [-0.4, -0.2) is 52.2 Å². The van der Waals surface area contributed by atoms with E-state index in [4.69, 9.17) is 9.47 Å². The van der Waals surface area contributed by atoms with Crippen molar-refractivity contribution in [1.82, 2.24) is 0 Å². The third-order valence-corrected chi connectivity index (χ3v) is 6.44. The van der Waals surface area contributed by atoms with Gasteiger partial charge in [-0.2, -0.15) is 0 Å². The van der Waals surface area contributed by atoms with E-state index in [9.17, 15) is 29.4 Å². The van der Waals surface area contributed by atoms with Crippen molar-refractivity contribution < 1.29 is 38.9 Å². The summed E-state index contributed by atoms with van der Waals surface area (Å²) in [6.07, 6.45) is 0.228. The topological polar surface area (TPSA) is 127 Å². The van der Waals surface area contributed by atoms with Crippen molar-refractivity contribution in [3.63, 3.8) is 0 Å². The first-order valence-electron chi connectivity index (χ1n) is 13.1. The highest BCUT2D eigenvalue weighted by Gasteiger charge is 2.35. The van der Waals surface area contributed by atoms with E-state index in [1.165, 1.54) is 6.92 Å². The summed E-state index contributed by atoms with van der Waals surface area (Å²) in [5, 5.41) is 19.8. The molecular weight excluding hydrogens is 488 g/mol. The molecule has 38 heavy (non-hydrogen) atoms. The molecule has 0 aliphatic heterocycles. The van der Waals surface area contributed by atoms with Crippen LogP contribution in [0.5, 0.6) is 0 Å². The van der Waals surface area contributed by atoms with Gasteiger partial charge in [-0.05, 0) is 42.2 Å². The van der Waals surface area contributed by atoms with Gasteiger partial charge in [-0.25, -0.2) is 9.59 Å². The van der Waals surface area contributed by atoms with Gasteiger partial charge in [0.05, 0.1) is 0 Å². The standard InChI is InChI=1S/C30H42O8/c1-7-19(2)17-20(3)13-16-26(33)38-29(30(35)36)27(34)25(32)15-14-21(4)28(37-23(6)31)22(5)18-24-11-9-8-10-12-24/h8-13,16,19-20,22,27-29,34H,4,7,14-15,17-18H2,1-3,5-6H3,(H,35,36)/b16-13+/t19?,20?,22?,27-,28?,29+/m0/s1. The summed E-state index contributed by atoms with van der Waals surface area (Å²) in [7, 11) is 0. The summed E-state index contributed by atoms with van der Waals surface area (Å²) in [5.74, 6) is -3.50. The van der Waals surface area contributed by atoms with Crippen LogP contribution < -0.4 is 0 Å². The second kappa shape index (κ2) is 16.6. The molecule has 0 aromatic heterocycles. The number of aliphatic carboxylic acids is 1. The minimum Gasteiger partial charge on any atom is -0.478 e. The summed E-state index contributed by atoms with van der Waals surface area (Å²) in [6.45, 7) is 13.3. The predicted molar refractivity (Wildman–Crippen MR) is 144 cm³/mol. The lowest BCUT2D eigenvalue weighted by atomic mass is 9.89. The van der Waals surface area contributed by atoms with Crippen molar-refractivity contribution >= 4 is 23.7 Å². The molecule has 1 rings (SSSR count). The number of allylic oxidation sites excluding steroid dienone is 1. The highest BCUT2D eigenvalue weighted by atomic mass is 16.6. The minimum absolute atomic E-state index is 0.0558. The first-order valence-corrected chi connectivity index (χ1v) is 13.1. The molecule has 0 amide bonds. The van der Waals surface area contributed by atoms with E-state index in [-0.39, 0.29) is 24.7 Å². The van der Waals surface area contributed by atoms with Gasteiger partial charge in [-0.3, -0.25) is 9.59 Å². The van der Waals surface area contributed by atoms with Gasteiger partial charge < -0.3 is 19.7 Å². The maximum Gasteiger partial charge on any atom is 0.348 e. The van der Waals surface area contributed by atoms with Crippen LogP contribution in [-0.2, 0) is 35.1 Å². The van der Waals surface area contributed by atoms with Gasteiger partial charge in [0.15, 0.2) is 11.9 Å². The molecule has 0 bridgehead atoms. The van der Waals surface area contributed by atoms with Crippen molar-refractivity contribution in [1.29, 1.82) is 0 Å². The van der Waals surface area contributed by atoms with Gasteiger partial charge in [0.2, 0.25) is 6.10 Å². The van der Waals surface area contributed by atoms with Crippen molar-refractivity contribution in [3.8, 4) is 0 Å². The summed E-state index contributed by atoms with van der Waals surface area (Å²) >= 11 is 0. The Balaban J connectivity index is 2.77. The molecule has 4 unspecified atom stereocenters. The van der Waals surface area contributed by atoms with Crippen LogP contribution >= 0.6 is 0 Å². The number of carbonyl (C=O) groups excluding carboxylic acids is 3. The average Bonchev–Trinajstić information content (AvgIpc) is 2.87. The number of rotatable bonds is 17. The SMILES string of the molecule is C=C(CCC(=O)[C@H](O)[C@@H](OC(=O)/C=C/C(C)CC(C)CC)C(=O)O)C(OC(C)=O)C(C)Cc1ccccc1. The van der Waals surface area contributed by atoms with E-state index >= 15 is 0 Å². The summed E-state index contributed by atoms with van der Waals surface area (Å²) in [6, 6.07) is 9.64. The zero-order valence-electron chi connectivity index (χ0n) is 23.1. The third-order valence-electron chi connectivity index (χ3n) is 6.44. The van der Waals surface area contributed by atoms with Crippen molar-refractivity contribution in [2.75, 3.05) is 0 Å². The van der Waals surface area contributed by atoms with E-state index in [1.54, 1.807) is 6.08 Å². The van der Waals surface area contributed by atoms with Crippen LogP contribution in [0.2, 0.25) is 0 Å². The molecule has 1 aromatic carbocycles. The lowest BCUT2D eigenvalue weighted by Crippen LogP contribution is -2.43. The number of benzene rings is 1. The second-order valence-electron chi connectivity index (χ2n) is 10.0. The van der Waals surface area contributed by atoms with Gasteiger partial charge in [0.1, 0.15) is 6.10 Å². The first kappa shape index (κ1) is 32.8. The van der Waals surface area contributed by atoms with Crippen LogP contribution in [0.4, 0.5) is 0 Å². The quantitative estimate of drug-likeness (QED) is 0.169. The van der Waals surface area contributed by atoms with E-state index in [1.807, 2.05) is 44.2 Å². The Hall–Kier alpha value is -3.26. The largest absolute Gasteiger partial charge is 0.478 e. The first-order chi connectivity index (χ1) is 17.8. The Bertz CT molecular complexity index is 968. The fourth-order valence-corrected chi connectivity index (χ4v) is 4.15. The molecule has 2 N–H and O–H groups in total. The van der Waals surface area contributed by atoms with Gasteiger partial charge >= 0.3 is 17.9 Å². The molecule has 0 spiro atoms. The Morgan fingerprint density at radius 3 is 2.18 bits per heavy atom. The Kier molecular flexibility index (Phi) is 14.3. The fraction of sp³-hybridized carbons (Fsp3) is 0.533. The molecule has 0 heterocycles. The van der Waals surface area contributed by atoms with Crippen molar-refractivity contribution in [3.05, 3.63) is 60.2 Å². The molecule has 0 saturated carbocycles. The molecule has 0 aliphatic carbocycles. The molecule has 0 fully saturated rings. The molecule has 8 nitrogen and oxygen atoms in total. The maximum atomic E-state index is 12.6. The number of aliphatic hydroxyl groups excluding tert-OH is 1. The molecule has 1 aromatic rings. The van der Waals surface area contributed by atoms with E-state index in [2.05, 4.69) is 20.4 Å². The van der Waals surface area contributed by atoms with Crippen molar-refractivity contribution in [2.45, 2.75) is 85.0 Å². The lowest BCUT2D eigenvalue weighted by molar-refractivity contribution is -0.170. The van der Waals surface area contributed by atoms with Crippen molar-refractivity contribution in [2.24, 2.45) is 17.8 Å². The van der Waals surface area contributed by atoms with E-state index < -0.39 is 42.0 Å². The number of hydrogen-bond donors (Lipinski definition) is 2. The number of ketones is 1. The number of carboxylic acids is 1. The molecule has 8 heteroatoms. The van der Waals surface area contributed by atoms with Crippen LogP contribution in [0.15, 0.2) is 54.6 Å². The van der Waals surface area contributed by atoms with E-state index in [0.717, 1.165) is 24.5 Å². The zero-order valence-corrected chi connectivity index (χ0v) is 23.1. The van der Waals surface area contributed by atoms with Gasteiger partial charge in [-0.15, -0.1) is 0 Å². The number of hydrogen-bond acceptors (Lipinski definition) is 7. The molecule has 210 valence electrons. The summed E-state index contributed by atoms with van der Waals surface area (Å²) in [5.41, 5.74) is 1.51. The number of carboxylic acid groups (broad SMARTS) is 1. The maximum absolute atomic E-state index is 12.6. The van der Waals surface area contributed by atoms with Crippen LogP contribution in [0, 0.1) is 17.8 Å². The number of Topliss-reactive ketones (excluding diaryl/α,β-unsaturated/α-hetero) is 1. The molecule has 6 atom stereocenters. The van der Waals surface area contributed by atoms with E-state index in [0.29, 0.717) is 17.9 Å². The normalized spacial score (nSPS) is 16.1. The summed E-state index contributed by atoms with van der Waals surface area (Å²) < 4.78 is 10.4. The predicted octanol–water partition coefficient (Wildman–Crippen LogP) is 4.69.